The van der Waals surface area contributed by atoms with E-state index in [0.717, 1.165) is 11.8 Å². The molecular weight excluding hydrogens is 302 g/mol. The van der Waals surface area contributed by atoms with Gasteiger partial charge in [0.05, 0.1) is 20.4 Å². The predicted molar refractivity (Wildman–Crippen MR) is 82.8 cm³/mol. The molecule has 0 bridgehead atoms. The lowest BCUT2D eigenvalue weighted by atomic mass is 10.2. The smallest absolute Gasteiger partial charge is 0.341 e. The Kier molecular flexibility index (Phi) is 4.98. The van der Waals surface area contributed by atoms with Gasteiger partial charge in [-0.25, -0.2) is 4.79 Å². The number of anilines is 1. The Morgan fingerprint density at radius 2 is 2.00 bits per heavy atom. The van der Waals surface area contributed by atoms with Crippen molar-refractivity contribution in [1.82, 2.24) is 10.2 Å². The van der Waals surface area contributed by atoms with Crippen molar-refractivity contribution in [2.45, 2.75) is 0 Å². The van der Waals surface area contributed by atoms with E-state index >= 15 is 0 Å². The minimum Gasteiger partial charge on any atom is -0.493 e. The van der Waals surface area contributed by atoms with Crippen LogP contribution < -0.4 is 14.8 Å². The summed E-state index contributed by atoms with van der Waals surface area (Å²) in [4.78, 5) is 22.8. The molecule has 23 heavy (non-hydrogen) atoms. The number of rotatable bonds is 6. The number of hydrogen-bond acceptors (Lipinski definition) is 5. The molecule has 1 amide bonds. The number of carbonyl (C=O) groups excluding carboxylic acids is 1. The van der Waals surface area contributed by atoms with E-state index in [0.29, 0.717) is 11.5 Å². The molecule has 1 heterocycles. The van der Waals surface area contributed by atoms with E-state index in [4.69, 9.17) is 14.6 Å². The van der Waals surface area contributed by atoms with Crippen molar-refractivity contribution >= 4 is 23.8 Å². The summed E-state index contributed by atoms with van der Waals surface area (Å²) < 4.78 is 10.3. The molecule has 0 spiro atoms. The average molecular weight is 317 g/mol. The van der Waals surface area contributed by atoms with Crippen LogP contribution in [0.4, 0.5) is 5.82 Å². The van der Waals surface area contributed by atoms with Crippen LogP contribution >= 0.6 is 0 Å². The monoisotopic (exact) mass is 317 g/mol. The summed E-state index contributed by atoms with van der Waals surface area (Å²) in [7, 11) is 3.05. The lowest BCUT2D eigenvalue weighted by molar-refractivity contribution is -0.111. The minimum absolute atomic E-state index is 0.0273. The third-order valence-corrected chi connectivity index (χ3v) is 2.95. The number of nitrogens with zero attached hydrogens (tertiary/aromatic N) is 1. The first kappa shape index (κ1) is 16.1. The molecule has 0 radical (unpaired) electrons. The van der Waals surface area contributed by atoms with Crippen LogP contribution in [0.15, 0.2) is 30.5 Å². The predicted octanol–water partition coefficient (Wildman–Crippen LogP) is 1.78. The molecule has 8 heteroatoms. The zero-order chi connectivity index (χ0) is 16.8. The fraction of sp³-hybridized carbons (Fsp3) is 0.133. The van der Waals surface area contributed by atoms with Crippen LogP contribution in [0, 0.1) is 0 Å². The first-order chi connectivity index (χ1) is 11.0. The highest BCUT2D eigenvalue weighted by Crippen LogP contribution is 2.27. The van der Waals surface area contributed by atoms with Crippen molar-refractivity contribution in [2.24, 2.45) is 0 Å². The highest BCUT2D eigenvalue weighted by atomic mass is 16.5. The maximum Gasteiger partial charge on any atom is 0.341 e. The lowest BCUT2D eigenvalue weighted by Gasteiger charge is -2.07. The number of ether oxygens (including phenoxy) is 2. The van der Waals surface area contributed by atoms with Crippen LogP contribution in [0.3, 0.4) is 0 Å². The highest BCUT2D eigenvalue weighted by Gasteiger charge is 2.13. The van der Waals surface area contributed by atoms with Crippen LogP contribution in [-0.4, -0.2) is 41.4 Å². The molecule has 0 saturated heterocycles. The van der Waals surface area contributed by atoms with Gasteiger partial charge in [-0.05, 0) is 23.8 Å². The highest BCUT2D eigenvalue weighted by molar-refractivity contribution is 6.05. The average Bonchev–Trinajstić information content (AvgIpc) is 3.00. The Morgan fingerprint density at radius 1 is 1.26 bits per heavy atom. The Hall–Kier alpha value is -3.29. The largest absolute Gasteiger partial charge is 0.493 e. The quantitative estimate of drug-likeness (QED) is 0.700. The van der Waals surface area contributed by atoms with Gasteiger partial charge < -0.3 is 19.9 Å². The number of carboxylic acid groups (broad SMARTS) is 1. The summed E-state index contributed by atoms with van der Waals surface area (Å²) in [6.07, 6.45) is 3.96. The van der Waals surface area contributed by atoms with E-state index in [1.807, 2.05) is 0 Å². The molecule has 0 saturated carbocycles. The van der Waals surface area contributed by atoms with Gasteiger partial charge in [-0.15, -0.1) is 0 Å². The number of H-pyrrole nitrogens is 1. The second-order valence-electron chi connectivity index (χ2n) is 4.40. The van der Waals surface area contributed by atoms with E-state index in [-0.39, 0.29) is 11.4 Å². The molecule has 8 nitrogen and oxygen atoms in total. The zero-order valence-electron chi connectivity index (χ0n) is 12.5. The molecule has 120 valence electrons. The van der Waals surface area contributed by atoms with Gasteiger partial charge in [0.2, 0.25) is 5.91 Å². The molecule has 0 unspecified atom stereocenters. The van der Waals surface area contributed by atoms with Gasteiger partial charge >= 0.3 is 5.97 Å². The van der Waals surface area contributed by atoms with E-state index in [9.17, 15) is 9.59 Å². The summed E-state index contributed by atoms with van der Waals surface area (Å²) in [6, 6.07) is 5.18. The van der Waals surface area contributed by atoms with Crippen molar-refractivity contribution in [3.8, 4) is 11.5 Å². The Morgan fingerprint density at radius 3 is 2.65 bits per heavy atom. The van der Waals surface area contributed by atoms with E-state index < -0.39 is 11.9 Å². The topological polar surface area (TPSA) is 114 Å². The van der Waals surface area contributed by atoms with Crippen LogP contribution in [0.25, 0.3) is 6.08 Å². The van der Waals surface area contributed by atoms with Gasteiger partial charge in [0.1, 0.15) is 11.4 Å². The number of nitrogens with one attached hydrogen (secondary N) is 2. The van der Waals surface area contributed by atoms with Gasteiger partial charge in [0, 0.05) is 6.08 Å². The normalized spacial score (nSPS) is 10.5. The summed E-state index contributed by atoms with van der Waals surface area (Å²) in [5, 5.41) is 17.3. The molecule has 0 fully saturated rings. The van der Waals surface area contributed by atoms with E-state index in [1.54, 1.807) is 24.3 Å². The van der Waals surface area contributed by atoms with Gasteiger partial charge in [0.25, 0.3) is 0 Å². The molecule has 1 aromatic carbocycles. The van der Waals surface area contributed by atoms with Crippen molar-refractivity contribution in [3.63, 3.8) is 0 Å². The molecule has 2 rings (SSSR count). The number of carbonyl (C=O) groups is 2. The number of carboxylic acids is 1. The molecule has 0 aliphatic rings. The first-order valence-electron chi connectivity index (χ1n) is 6.53. The number of methoxy groups -OCH3 is 2. The summed E-state index contributed by atoms with van der Waals surface area (Å²) in [5.74, 6) is -0.529. The fourth-order valence-electron chi connectivity index (χ4n) is 1.84. The van der Waals surface area contributed by atoms with Crippen LogP contribution in [0.1, 0.15) is 15.9 Å². The number of hydrogen-bond donors (Lipinski definition) is 3. The first-order valence-corrected chi connectivity index (χ1v) is 6.53. The second kappa shape index (κ2) is 7.12. The summed E-state index contributed by atoms with van der Waals surface area (Å²) in [5.41, 5.74) is 0.610. The number of benzene rings is 1. The number of aromatic amines is 1. The molecule has 1 aromatic heterocycles. The third-order valence-electron chi connectivity index (χ3n) is 2.95. The lowest BCUT2D eigenvalue weighted by Crippen LogP contribution is -2.11. The van der Waals surface area contributed by atoms with Gasteiger partial charge in [-0.1, -0.05) is 6.07 Å². The number of aromatic nitrogens is 2. The van der Waals surface area contributed by atoms with Gasteiger partial charge in [-0.2, -0.15) is 5.10 Å². The fourth-order valence-corrected chi connectivity index (χ4v) is 1.84. The molecular formula is C15H15N3O5. The van der Waals surface area contributed by atoms with E-state index in [1.165, 1.54) is 20.3 Å². The Labute approximate surface area is 131 Å². The Bertz CT molecular complexity index is 751. The van der Waals surface area contributed by atoms with Gasteiger partial charge in [-0.3, -0.25) is 9.89 Å². The molecule has 0 aliphatic heterocycles. The van der Waals surface area contributed by atoms with Crippen LogP contribution in [-0.2, 0) is 4.79 Å². The standard InChI is InChI=1S/C15H15N3O5/c1-22-11-5-3-9(7-12(11)23-2)4-6-13(19)17-14-10(15(20)21)8-16-18-14/h3-8H,1-2H3,(H,20,21)(H2,16,17,18,19). The molecule has 2 aromatic rings. The van der Waals surface area contributed by atoms with Crippen molar-refractivity contribution in [1.29, 1.82) is 0 Å². The zero-order valence-corrected chi connectivity index (χ0v) is 12.5. The minimum atomic E-state index is -1.18. The number of aromatic carboxylic acids is 1. The van der Waals surface area contributed by atoms with E-state index in [2.05, 4.69) is 15.5 Å². The maximum absolute atomic E-state index is 11.8. The van der Waals surface area contributed by atoms with Gasteiger partial charge in [0.15, 0.2) is 11.5 Å². The third kappa shape index (κ3) is 3.88. The van der Waals surface area contributed by atoms with Crippen LogP contribution in [0.2, 0.25) is 0 Å². The van der Waals surface area contributed by atoms with Crippen molar-refractivity contribution in [3.05, 3.63) is 41.6 Å². The molecule has 3 N–H and O–H groups in total. The van der Waals surface area contributed by atoms with Crippen LogP contribution in [0.5, 0.6) is 11.5 Å². The van der Waals surface area contributed by atoms with Crippen molar-refractivity contribution < 1.29 is 24.2 Å². The second-order valence-corrected chi connectivity index (χ2v) is 4.40. The van der Waals surface area contributed by atoms with Crippen molar-refractivity contribution in [2.75, 3.05) is 19.5 Å². The summed E-state index contributed by atoms with van der Waals surface area (Å²) >= 11 is 0. The maximum atomic E-state index is 11.8. The molecule has 0 aliphatic carbocycles. The molecule has 0 atom stereocenters. The Balaban J connectivity index is 2.09. The number of amides is 1. The SMILES string of the molecule is COc1ccc(C=CC(=O)Nc2[nH]ncc2C(=O)O)cc1OC. The summed E-state index contributed by atoms with van der Waals surface area (Å²) in [6.45, 7) is 0.